The van der Waals surface area contributed by atoms with Crippen LogP contribution in [0.5, 0.6) is 5.75 Å². The van der Waals surface area contributed by atoms with Crippen LogP contribution >= 0.6 is 11.5 Å². The van der Waals surface area contributed by atoms with Gasteiger partial charge in [0.25, 0.3) is 5.91 Å². The van der Waals surface area contributed by atoms with Crippen molar-refractivity contribution in [3.63, 3.8) is 0 Å². The summed E-state index contributed by atoms with van der Waals surface area (Å²) < 4.78 is 8.97. The van der Waals surface area contributed by atoms with Gasteiger partial charge in [0.05, 0.1) is 7.11 Å². The zero-order valence-electron chi connectivity index (χ0n) is 17.5. The predicted molar refractivity (Wildman–Crippen MR) is 121 cm³/mol. The summed E-state index contributed by atoms with van der Waals surface area (Å²) in [7, 11) is 1.60. The maximum absolute atomic E-state index is 12.7. The van der Waals surface area contributed by atoms with Gasteiger partial charge in [-0.25, -0.2) is 9.78 Å². The number of urea groups is 1. The molecular formula is C21H23N7O3S. The number of rotatable bonds is 6. The van der Waals surface area contributed by atoms with Crippen molar-refractivity contribution in [3.8, 4) is 5.75 Å². The van der Waals surface area contributed by atoms with Crippen LogP contribution in [0.1, 0.15) is 16.1 Å². The Hall–Kier alpha value is -3.73. The highest BCUT2D eigenvalue weighted by Crippen LogP contribution is 2.20. The number of methoxy groups -OCH3 is 1. The van der Waals surface area contributed by atoms with Crippen LogP contribution in [0.15, 0.2) is 48.7 Å². The van der Waals surface area contributed by atoms with E-state index in [-0.39, 0.29) is 11.7 Å². The van der Waals surface area contributed by atoms with Gasteiger partial charge in [-0.15, -0.1) is 5.10 Å². The summed E-state index contributed by atoms with van der Waals surface area (Å²) in [5, 5.41) is 9.80. The molecule has 166 valence electrons. The van der Waals surface area contributed by atoms with Crippen molar-refractivity contribution in [2.75, 3.05) is 43.5 Å². The molecule has 10 nitrogen and oxygen atoms in total. The smallest absolute Gasteiger partial charge is 0.322 e. The van der Waals surface area contributed by atoms with Gasteiger partial charge in [-0.1, -0.05) is 22.7 Å². The van der Waals surface area contributed by atoms with E-state index < -0.39 is 5.91 Å². The second kappa shape index (κ2) is 10.1. The molecule has 11 heteroatoms. The molecule has 4 rings (SSSR count). The largest absolute Gasteiger partial charge is 0.497 e. The lowest BCUT2D eigenvalue weighted by Gasteiger charge is -2.35. The van der Waals surface area contributed by atoms with E-state index in [1.54, 1.807) is 18.2 Å². The molecule has 0 saturated carbocycles. The SMILES string of the molecule is COc1ccc(CNC(=O)c2nnsc2NC(=O)N2CCN(c3ccccn3)CC2)cc1. The molecule has 0 radical (unpaired) electrons. The van der Waals surface area contributed by atoms with Crippen LogP contribution < -0.4 is 20.3 Å². The van der Waals surface area contributed by atoms with Crippen LogP contribution in [-0.2, 0) is 6.54 Å². The number of amides is 3. The number of ether oxygens (including phenoxy) is 1. The van der Waals surface area contributed by atoms with Gasteiger partial charge < -0.3 is 19.9 Å². The van der Waals surface area contributed by atoms with Crippen LogP contribution in [0, 0.1) is 0 Å². The number of hydrogen-bond donors (Lipinski definition) is 2. The summed E-state index contributed by atoms with van der Waals surface area (Å²) in [4.78, 5) is 33.5. The zero-order valence-corrected chi connectivity index (χ0v) is 18.3. The number of pyridine rings is 1. The van der Waals surface area contributed by atoms with Crippen LogP contribution in [0.4, 0.5) is 15.6 Å². The highest BCUT2D eigenvalue weighted by Gasteiger charge is 2.24. The molecule has 1 aliphatic heterocycles. The zero-order chi connectivity index (χ0) is 22.3. The van der Waals surface area contributed by atoms with E-state index in [0.717, 1.165) is 28.7 Å². The van der Waals surface area contributed by atoms with Gasteiger partial charge in [0.2, 0.25) is 0 Å². The number of carbonyl (C=O) groups excluding carboxylic acids is 2. The van der Waals surface area contributed by atoms with E-state index in [4.69, 9.17) is 4.74 Å². The molecule has 3 amide bonds. The fourth-order valence-corrected chi connectivity index (χ4v) is 3.84. The normalized spacial score (nSPS) is 13.5. The van der Waals surface area contributed by atoms with Crippen molar-refractivity contribution >= 4 is 34.3 Å². The Morgan fingerprint density at radius 1 is 1.09 bits per heavy atom. The summed E-state index contributed by atoms with van der Waals surface area (Å²) in [6.45, 7) is 2.78. The molecule has 32 heavy (non-hydrogen) atoms. The maximum atomic E-state index is 12.7. The Kier molecular flexibility index (Phi) is 6.75. The first-order valence-electron chi connectivity index (χ1n) is 10.1. The van der Waals surface area contributed by atoms with Crippen molar-refractivity contribution in [1.82, 2.24) is 24.8 Å². The number of nitrogens with zero attached hydrogens (tertiary/aromatic N) is 5. The van der Waals surface area contributed by atoms with Crippen LogP contribution in [-0.4, -0.2) is 64.7 Å². The number of nitrogens with one attached hydrogen (secondary N) is 2. The van der Waals surface area contributed by atoms with Crippen molar-refractivity contribution in [1.29, 1.82) is 0 Å². The van der Waals surface area contributed by atoms with E-state index in [1.165, 1.54) is 0 Å². The number of aromatic nitrogens is 3. The molecule has 3 heterocycles. The van der Waals surface area contributed by atoms with Gasteiger partial charge in [0.15, 0.2) is 10.7 Å². The number of carbonyl (C=O) groups is 2. The molecule has 0 aliphatic carbocycles. The minimum absolute atomic E-state index is 0.101. The van der Waals surface area contributed by atoms with Crippen molar-refractivity contribution in [2.45, 2.75) is 6.54 Å². The molecule has 1 fully saturated rings. The molecule has 0 bridgehead atoms. The average Bonchev–Trinajstić information content (AvgIpc) is 3.31. The van der Waals surface area contributed by atoms with E-state index in [1.807, 2.05) is 42.5 Å². The summed E-state index contributed by atoms with van der Waals surface area (Å²) in [5.41, 5.74) is 1.02. The predicted octanol–water partition coefficient (Wildman–Crippen LogP) is 2.23. The van der Waals surface area contributed by atoms with E-state index in [0.29, 0.717) is 37.7 Å². The van der Waals surface area contributed by atoms with Gasteiger partial charge in [-0.2, -0.15) is 0 Å². The third-order valence-electron chi connectivity index (χ3n) is 5.08. The van der Waals surface area contributed by atoms with Crippen LogP contribution in [0.3, 0.4) is 0 Å². The number of anilines is 2. The van der Waals surface area contributed by atoms with Crippen molar-refractivity contribution < 1.29 is 14.3 Å². The van der Waals surface area contributed by atoms with Gasteiger partial charge in [-0.05, 0) is 29.8 Å². The second-order valence-corrected chi connectivity index (χ2v) is 7.83. The van der Waals surface area contributed by atoms with Crippen LogP contribution in [0.25, 0.3) is 0 Å². The molecular weight excluding hydrogens is 430 g/mol. The maximum Gasteiger partial charge on any atom is 0.322 e. The van der Waals surface area contributed by atoms with Gasteiger partial charge >= 0.3 is 6.03 Å². The lowest BCUT2D eigenvalue weighted by Crippen LogP contribution is -2.50. The Morgan fingerprint density at radius 2 is 1.88 bits per heavy atom. The molecule has 1 aliphatic rings. The first-order valence-corrected chi connectivity index (χ1v) is 10.9. The summed E-state index contributed by atoms with van der Waals surface area (Å²) in [5.74, 6) is 1.24. The van der Waals surface area contributed by atoms with Crippen molar-refractivity contribution in [2.24, 2.45) is 0 Å². The topological polar surface area (TPSA) is 113 Å². The van der Waals surface area contributed by atoms with Gasteiger partial charge in [0, 0.05) is 50.5 Å². The Balaban J connectivity index is 1.30. The fourth-order valence-electron chi connectivity index (χ4n) is 3.29. The third kappa shape index (κ3) is 5.11. The Morgan fingerprint density at radius 3 is 2.56 bits per heavy atom. The van der Waals surface area contributed by atoms with E-state index in [9.17, 15) is 9.59 Å². The summed E-state index contributed by atoms with van der Waals surface area (Å²) in [6.07, 6.45) is 1.76. The molecule has 1 saturated heterocycles. The van der Waals surface area contributed by atoms with Gasteiger partial charge in [0.1, 0.15) is 11.6 Å². The monoisotopic (exact) mass is 453 g/mol. The second-order valence-electron chi connectivity index (χ2n) is 7.07. The van der Waals surface area contributed by atoms with Crippen LogP contribution in [0.2, 0.25) is 0 Å². The first kappa shape index (κ1) is 21.5. The lowest BCUT2D eigenvalue weighted by molar-refractivity contribution is 0.0946. The number of benzene rings is 1. The molecule has 1 aromatic carbocycles. The molecule has 2 N–H and O–H groups in total. The highest BCUT2D eigenvalue weighted by molar-refractivity contribution is 7.10. The molecule has 0 unspecified atom stereocenters. The molecule has 2 aromatic heterocycles. The molecule has 0 atom stereocenters. The number of hydrogen-bond acceptors (Lipinski definition) is 8. The first-order chi connectivity index (χ1) is 15.6. The van der Waals surface area contributed by atoms with E-state index in [2.05, 4.69) is 30.1 Å². The summed E-state index contributed by atoms with van der Waals surface area (Å²) in [6, 6.07) is 12.9. The average molecular weight is 454 g/mol. The third-order valence-corrected chi connectivity index (χ3v) is 5.72. The van der Waals surface area contributed by atoms with Gasteiger partial charge in [-0.3, -0.25) is 10.1 Å². The highest BCUT2D eigenvalue weighted by atomic mass is 32.1. The summed E-state index contributed by atoms with van der Waals surface area (Å²) >= 11 is 0.977. The lowest BCUT2D eigenvalue weighted by atomic mass is 10.2. The molecule has 0 spiro atoms. The standard InChI is InChI=1S/C21H23N7O3S/c1-31-16-7-5-15(6-8-16)14-23-19(29)18-20(32-26-25-18)24-21(30)28-12-10-27(11-13-28)17-4-2-3-9-22-17/h2-9H,10-14H2,1H3,(H,23,29)(H,24,30). The quantitative estimate of drug-likeness (QED) is 0.588. The van der Waals surface area contributed by atoms with Crippen molar-refractivity contribution in [3.05, 3.63) is 59.9 Å². The van der Waals surface area contributed by atoms with E-state index >= 15 is 0 Å². The molecule has 3 aromatic rings. The Labute approximate surface area is 189 Å². The minimum Gasteiger partial charge on any atom is -0.497 e. The number of piperazine rings is 1. The minimum atomic E-state index is -0.398. The fraction of sp³-hybridized carbons (Fsp3) is 0.286. The Bertz CT molecular complexity index is 1050.